The summed E-state index contributed by atoms with van der Waals surface area (Å²) >= 11 is 1.85. The van der Waals surface area contributed by atoms with Gasteiger partial charge in [0.15, 0.2) is 23.3 Å². The van der Waals surface area contributed by atoms with Gasteiger partial charge in [-0.3, -0.25) is 0 Å². The minimum absolute atomic E-state index is 0.649. The van der Waals surface area contributed by atoms with Crippen molar-refractivity contribution in [3.8, 4) is 113 Å². The molecule has 0 saturated heterocycles. The third-order valence-electron chi connectivity index (χ3n) is 21.0. The molecule has 0 atom stereocenters. The number of hydrogen-bond donors (Lipinski definition) is 0. The van der Waals surface area contributed by atoms with E-state index in [-0.39, 0.29) is 0 Å². The molecule has 112 heavy (non-hydrogen) atoms. The Labute approximate surface area is 650 Å². The van der Waals surface area contributed by atoms with Crippen LogP contribution in [0.1, 0.15) is 0 Å². The van der Waals surface area contributed by atoms with Crippen molar-refractivity contribution in [3.63, 3.8) is 0 Å². The van der Waals surface area contributed by atoms with Crippen LogP contribution in [-0.4, -0.2) is 34.1 Å². The average molecular weight is 1450 g/mol. The molecule has 0 unspecified atom stereocenters. The van der Waals surface area contributed by atoms with Gasteiger partial charge in [0.2, 0.25) is 0 Å². The van der Waals surface area contributed by atoms with Crippen molar-refractivity contribution in [1.29, 1.82) is 0 Å². The largest absolute Gasteiger partial charge is 0.456 e. The van der Waals surface area contributed by atoms with Gasteiger partial charge < -0.3 is 13.6 Å². The van der Waals surface area contributed by atoms with Gasteiger partial charge in [-0.15, -0.1) is 11.3 Å². The van der Waals surface area contributed by atoms with Crippen LogP contribution >= 0.6 is 11.3 Å². The number of aromatic nitrogens is 7. The van der Waals surface area contributed by atoms with E-state index in [0.29, 0.717) is 17.5 Å². The zero-order valence-electron chi connectivity index (χ0n) is 60.6. The molecule has 0 N–H and O–H groups in total. The lowest BCUT2D eigenvalue weighted by Crippen LogP contribution is -2.00. The Bertz CT molecular complexity index is 6540. The number of benzene rings is 16. The van der Waals surface area contributed by atoms with Gasteiger partial charge in [-0.1, -0.05) is 315 Å². The zero-order chi connectivity index (χ0) is 74.3. The summed E-state index contributed by atoms with van der Waals surface area (Å²) in [6.45, 7) is 0. The first-order valence-electron chi connectivity index (χ1n) is 37.6. The highest BCUT2D eigenvalue weighted by Gasteiger charge is 2.19. The fraction of sp³-hybridized carbons (Fsp3) is 0. The molecule has 0 fully saturated rings. The van der Waals surface area contributed by atoms with Crippen LogP contribution in [0.4, 0.5) is 0 Å². The zero-order valence-corrected chi connectivity index (χ0v) is 61.4. The van der Waals surface area contributed by atoms with Crippen LogP contribution in [0.2, 0.25) is 0 Å². The average Bonchev–Trinajstić information content (AvgIpc) is 1.59. The van der Waals surface area contributed by atoms with Crippen molar-refractivity contribution >= 4 is 97.1 Å². The summed E-state index contributed by atoms with van der Waals surface area (Å²) in [4.78, 5) is 24.4. The van der Waals surface area contributed by atoms with Crippen molar-refractivity contribution in [3.05, 3.63) is 406 Å². The van der Waals surface area contributed by atoms with E-state index in [2.05, 4.69) is 294 Å². The first-order valence-corrected chi connectivity index (χ1v) is 38.4. The molecule has 8 nitrogen and oxygen atoms in total. The van der Waals surface area contributed by atoms with E-state index >= 15 is 0 Å². The second-order valence-corrected chi connectivity index (χ2v) is 28.9. The van der Waals surface area contributed by atoms with Crippen LogP contribution in [0.25, 0.3) is 199 Å². The van der Waals surface area contributed by atoms with E-state index in [0.717, 1.165) is 83.7 Å². The second kappa shape index (κ2) is 29.1. The Morgan fingerprint density at radius 3 is 0.929 bits per heavy atom. The Morgan fingerprint density at radius 2 is 0.482 bits per heavy atom. The molecule has 22 rings (SSSR count). The summed E-state index contributed by atoms with van der Waals surface area (Å²) in [5.41, 5.74) is 24.0. The van der Waals surface area contributed by atoms with Crippen LogP contribution in [0.5, 0.6) is 0 Å². The van der Waals surface area contributed by atoms with Crippen LogP contribution in [0, 0.1) is 0 Å². The molecule has 0 spiro atoms. The van der Waals surface area contributed by atoms with Crippen molar-refractivity contribution in [2.75, 3.05) is 0 Å². The van der Waals surface area contributed by atoms with E-state index in [1.54, 1.807) is 0 Å². The van der Waals surface area contributed by atoms with Crippen LogP contribution < -0.4 is 0 Å². The number of para-hydroxylation sites is 5. The summed E-state index contributed by atoms with van der Waals surface area (Å²) in [5, 5.41) is 10.0. The first-order chi connectivity index (χ1) is 55.5. The molecule has 6 heterocycles. The van der Waals surface area contributed by atoms with Gasteiger partial charge >= 0.3 is 0 Å². The van der Waals surface area contributed by atoms with Gasteiger partial charge in [0.05, 0.1) is 33.5 Å². The molecular weight excluding hydrogens is 1380 g/mol. The summed E-state index contributed by atoms with van der Waals surface area (Å²) < 4.78 is 13.4. The summed E-state index contributed by atoms with van der Waals surface area (Å²) in [5.74, 6) is 2.69. The van der Waals surface area contributed by atoms with Gasteiger partial charge in [-0.2, -0.15) is 0 Å². The molecule has 0 aliphatic heterocycles. The molecular formula is C103H67N7OS. The van der Waals surface area contributed by atoms with Crippen molar-refractivity contribution in [2.24, 2.45) is 0 Å². The van der Waals surface area contributed by atoms with E-state index < -0.39 is 0 Å². The smallest absolute Gasteiger partial charge is 0.164 e. The number of nitrogens with zero attached hydrogens (tertiary/aromatic N) is 7. The van der Waals surface area contributed by atoms with E-state index in [4.69, 9.17) is 29.3 Å². The summed E-state index contributed by atoms with van der Waals surface area (Å²) in [6, 6.07) is 142. The molecule has 0 radical (unpaired) electrons. The highest BCUT2D eigenvalue weighted by Crippen LogP contribution is 2.40. The maximum absolute atomic E-state index is 5.99. The monoisotopic (exact) mass is 1450 g/mol. The predicted molar refractivity (Wildman–Crippen MR) is 466 cm³/mol. The molecule has 526 valence electrons. The lowest BCUT2D eigenvalue weighted by atomic mass is 10.0. The molecule has 22 aromatic rings. The van der Waals surface area contributed by atoms with Crippen molar-refractivity contribution < 1.29 is 4.42 Å². The molecule has 6 aromatic heterocycles. The van der Waals surface area contributed by atoms with Crippen LogP contribution in [-0.2, 0) is 0 Å². The second-order valence-electron chi connectivity index (χ2n) is 27.8. The number of thiophene rings is 1. The SMILES string of the molecule is c1ccc(-c2cc(-c3ccccc3)nc(-c3ccc(-c4ccc5sc6ccccc6c5c4)cc3)n2)cc1.c1ccc(-c2nc(-c3ccccc3)nc(-c3ccc(-c4ccc5oc6ccccc6c5c4)cc3)n2)cc1.c1ccc2c(c1)c1ccccc1n2-c1ccc(-c2ccc(-n3c4ccccc4c4ccccc43)cc2)cc1. The summed E-state index contributed by atoms with van der Waals surface area (Å²) in [7, 11) is 0. The molecule has 0 amide bonds. The fourth-order valence-electron chi connectivity index (χ4n) is 15.5. The highest BCUT2D eigenvalue weighted by atomic mass is 32.1. The summed E-state index contributed by atoms with van der Waals surface area (Å²) in [6.07, 6.45) is 0. The Balaban J connectivity index is 0.000000109. The van der Waals surface area contributed by atoms with Crippen LogP contribution in [0.3, 0.4) is 0 Å². The molecule has 16 aromatic carbocycles. The van der Waals surface area contributed by atoms with Crippen molar-refractivity contribution in [1.82, 2.24) is 34.1 Å². The fourth-order valence-corrected chi connectivity index (χ4v) is 16.6. The van der Waals surface area contributed by atoms with Gasteiger partial charge in [0.1, 0.15) is 11.2 Å². The molecule has 0 aliphatic carbocycles. The Morgan fingerprint density at radius 1 is 0.188 bits per heavy atom. The van der Waals surface area contributed by atoms with Gasteiger partial charge in [-0.25, -0.2) is 24.9 Å². The quantitative estimate of drug-likeness (QED) is 0.128. The number of fused-ring (bicyclic) bond motifs is 12. The Kier molecular flexibility index (Phi) is 17.3. The number of rotatable bonds is 11. The van der Waals surface area contributed by atoms with Gasteiger partial charge in [-0.05, 0) is 124 Å². The molecule has 9 heteroatoms. The third-order valence-corrected chi connectivity index (χ3v) is 22.2. The van der Waals surface area contributed by atoms with Gasteiger partial charge in [0.25, 0.3) is 0 Å². The van der Waals surface area contributed by atoms with Gasteiger partial charge in [0, 0.05) is 97.2 Å². The standard InChI is InChI=1S/C36H24N2.C34H22N2S.C33H21N3O/c1-5-13-33-29(9-1)30-10-2-6-14-34(30)37(33)27-21-17-25(18-22-27)26-19-23-28(24-20-26)38-35-15-7-3-11-31(35)32-12-4-8-16-36(32)38;1-3-9-24(10-4-1)30-22-31(25-11-5-2-6-12-25)36-34(35-30)26-17-15-23(16-18-26)27-19-20-33-29(21-27)28-13-7-8-14-32(28)37-33;1-3-9-23(10-4-1)31-34-32(24-11-5-2-6-12-24)36-33(35-31)25-17-15-22(16-18-25)26-19-20-30-28(21-26)27-13-7-8-14-29(27)37-30/h1-24H;1-22H;1-21H. The van der Waals surface area contributed by atoms with E-state index in [1.165, 1.54) is 97.4 Å². The third kappa shape index (κ3) is 12.8. The highest BCUT2D eigenvalue weighted by molar-refractivity contribution is 7.25. The molecule has 0 aliphatic rings. The van der Waals surface area contributed by atoms with Crippen LogP contribution in [0.15, 0.2) is 411 Å². The number of hydrogen-bond acceptors (Lipinski definition) is 7. The predicted octanol–water partition coefficient (Wildman–Crippen LogP) is 27.5. The van der Waals surface area contributed by atoms with Crippen molar-refractivity contribution in [2.45, 2.75) is 0 Å². The molecule has 0 bridgehead atoms. The normalized spacial score (nSPS) is 11.4. The maximum atomic E-state index is 5.99. The van der Waals surface area contributed by atoms with E-state index in [9.17, 15) is 0 Å². The minimum atomic E-state index is 0.649. The lowest BCUT2D eigenvalue weighted by molar-refractivity contribution is 0.669. The minimum Gasteiger partial charge on any atom is -0.456 e. The lowest BCUT2D eigenvalue weighted by Gasteiger charge is -2.11. The Hall–Kier alpha value is -14.8. The number of furan rings is 1. The first kappa shape index (κ1) is 66.6. The van der Waals surface area contributed by atoms with E-state index in [1.807, 2.05) is 133 Å². The maximum Gasteiger partial charge on any atom is 0.164 e. The topological polar surface area (TPSA) is 87.5 Å². The molecule has 0 saturated carbocycles.